The van der Waals surface area contributed by atoms with Gasteiger partial charge in [-0.25, -0.2) is 0 Å². The van der Waals surface area contributed by atoms with Gasteiger partial charge in [-0.3, -0.25) is 9.59 Å². The normalized spacial score (nSPS) is 16.9. The third-order valence-corrected chi connectivity index (χ3v) is 3.54. The lowest BCUT2D eigenvalue weighted by Gasteiger charge is -2.33. The van der Waals surface area contributed by atoms with Gasteiger partial charge in [0.2, 0.25) is 0 Å². The van der Waals surface area contributed by atoms with E-state index in [0.717, 1.165) is 11.4 Å². The Hall–Kier alpha value is -2.08. The third-order valence-electron chi connectivity index (χ3n) is 3.54. The predicted molar refractivity (Wildman–Crippen MR) is 83.7 cm³/mol. The number of carbonyl (C=O) groups excluding carboxylic acids is 1. The van der Waals surface area contributed by atoms with Gasteiger partial charge in [0.15, 0.2) is 5.78 Å². The summed E-state index contributed by atoms with van der Waals surface area (Å²) >= 11 is 0. The summed E-state index contributed by atoms with van der Waals surface area (Å²) in [5, 5.41) is 14.8. The van der Waals surface area contributed by atoms with Crippen LogP contribution in [0.2, 0.25) is 0 Å². The summed E-state index contributed by atoms with van der Waals surface area (Å²) in [6.07, 6.45) is -0.00765. The van der Waals surface area contributed by atoms with E-state index in [1.165, 1.54) is 0 Å². The Bertz CT molecular complexity index is 584. The Morgan fingerprint density at radius 3 is 2.86 bits per heavy atom. The molecule has 1 heterocycles. The van der Waals surface area contributed by atoms with Crippen molar-refractivity contribution in [3.8, 4) is 5.75 Å². The van der Waals surface area contributed by atoms with E-state index in [-0.39, 0.29) is 24.3 Å². The van der Waals surface area contributed by atoms with Gasteiger partial charge in [0, 0.05) is 12.1 Å². The molecule has 0 aromatic heterocycles. The van der Waals surface area contributed by atoms with Crippen molar-refractivity contribution in [1.29, 1.82) is 0 Å². The Morgan fingerprint density at radius 1 is 1.45 bits per heavy atom. The van der Waals surface area contributed by atoms with Gasteiger partial charge in [0.1, 0.15) is 11.4 Å². The number of nitrogens with one attached hydrogen (secondary N) is 2. The van der Waals surface area contributed by atoms with Crippen LogP contribution in [0.25, 0.3) is 0 Å². The SMILES string of the molecule is CC(NCCC(=O)O)C(=O)c1ccc2c(c1)NCC(C)(C)O2. The third kappa shape index (κ3) is 3.98. The predicted octanol–water partition coefficient (Wildman–Crippen LogP) is 1.91. The van der Waals surface area contributed by atoms with E-state index < -0.39 is 12.0 Å². The lowest BCUT2D eigenvalue weighted by Crippen LogP contribution is -2.40. The van der Waals surface area contributed by atoms with Crippen LogP contribution in [0.5, 0.6) is 5.75 Å². The summed E-state index contributed by atoms with van der Waals surface area (Å²) in [6.45, 7) is 6.66. The molecule has 1 aliphatic heterocycles. The molecule has 1 aliphatic rings. The molecule has 1 aromatic rings. The number of hydrogen-bond acceptors (Lipinski definition) is 5. The Morgan fingerprint density at radius 2 is 2.18 bits per heavy atom. The molecule has 3 N–H and O–H groups in total. The second-order valence-corrected chi connectivity index (χ2v) is 6.11. The molecule has 1 atom stereocenters. The molecule has 0 saturated heterocycles. The number of rotatable bonds is 6. The molecular formula is C16H22N2O4. The first-order valence-corrected chi connectivity index (χ1v) is 7.35. The molecule has 0 spiro atoms. The average molecular weight is 306 g/mol. The molecule has 1 unspecified atom stereocenters. The standard InChI is InChI=1S/C16H22N2O4/c1-10(17-7-6-14(19)20)15(21)11-4-5-13-12(8-11)18-9-16(2,3)22-13/h4-5,8,10,17-18H,6-7,9H2,1-3H3,(H,19,20). The number of anilines is 1. The largest absolute Gasteiger partial charge is 0.484 e. The van der Waals surface area contributed by atoms with Gasteiger partial charge in [-0.15, -0.1) is 0 Å². The van der Waals surface area contributed by atoms with Crippen molar-refractivity contribution < 1.29 is 19.4 Å². The molecule has 2 rings (SSSR count). The Kier molecular flexibility index (Phi) is 4.71. The average Bonchev–Trinajstić information content (AvgIpc) is 2.44. The fourth-order valence-corrected chi connectivity index (χ4v) is 2.29. The van der Waals surface area contributed by atoms with E-state index >= 15 is 0 Å². The molecule has 6 heteroatoms. The quantitative estimate of drug-likeness (QED) is 0.696. The molecule has 0 fully saturated rings. The zero-order valence-corrected chi connectivity index (χ0v) is 13.1. The molecule has 0 saturated carbocycles. The summed E-state index contributed by atoms with van der Waals surface area (Å²) in [4.78, 5) is 22.8. The number of benzene rings is 1. The summed E-state index contributed by atoms with van der Waals surface area (Å²) < 4.78 is 5.85. The molecule has 1 aromatic carbocycles. The van der Waals surface area contributed by atoms with Crippen LogP contribution in [0.15, 0.2) is 18.2 Å². The van der Waals surface area contributed by atoms with Crippen LogP contribution in [-0.4, -0.2) is 41.6 Å². The van der Waals surface area contributed by atoms with Crippen molar-refractivity contribution in [3.05, 3.63) is 23.8 Å². The molecule has 0 bridgehead atoms. The Labute approximate surface area is 129 Å². The number of Topliss-reactive ketones (excluding diaryl/α,β-unsaturated/α-hetero) is 1. The van der Waals surface area contributed by atoms with Crippen molar-refractivity contribution in [2.24, 2.45) is 0 Å². The van der Waals surface area contributed by atoms with E-state index in [4.69, 9.17) is 9.84 Å². The zero-order valence-electron chi connectivity index (χ0n) is 13.1. The summed E-state index contributed by atoms with van der Waals surface area (Å²) in [5.41, 5.74) is 1.11. The summed E-state index contributed by atoms with van der Waals surface area (Å²) in [5.74, 6) is -0.219. The maximum Gasteiger partial charge on any atom is 0.304 e. The highest BCUT2D eigenvalue weighted by atomic mass is 16.5. The fraction of sp³-hybridized carbons (Fsp3) is 0.500. The van der Waals surface area contributed by atoms with E-state index in [0.29, 0.717) is 12.1 Å². The highest BCUT2D eigenvalue weighted by Gasteiger charge is 2.27. The van der Waals surface area contributed by atoms with E-state index in [2.05, 4.69) is 10.6 Å². The summed E-state index contributed by atoms with van der Waals surface area (Å²) in [6, 6.07) is 4.88. The molecular weight excluding hydrogens is 284 g/mol. The van der Waals surface area contributed by atoms with Crippen LogP contribution in [0, 0.1) is 0 Å². The van der Waals surface area contributed by atoms with E-state index in [1.807, 2.05) is 13.8 Å². The fourth-order valence-electron chi connectivity index (χ4n) is 2.29. The number of fused-ring (bicyclic) bond motifs is 1. The topological polar surface area (TPSA) is 87.7 Å². The second-order valence-electron chi connectivity index (χ2n) is 6.11. The molecule has 0 radical (unpaired) electrons. The van der Waals surface area contributed by atoms with Gasteiger partial charge in [-0.2, -0.15) is 0 Å². The first-order valence-electron chi connectivity index (χ1n) is 7.35. The lowest BCUT2D eigenvalue weighted by molar-refractivity contribution is -0.136. The minimum absolute atomic E-state index is 0.00765. The maximum atomic E-state index is 12.4. The van der Waals surface area contributed by atoms with Crippen LogP contribution in [-0.2, 0) is 4.79 Å². The van der Waals surface area contributed by atoms with Crippen LogP contribution >= 0.6 is 0 Å². The number of hydrogen-bond donors (Lipinski definition) is 3. The number of carbonyl (C=O) groups is 2. The molecule has 0 aliphatic carbocycles. The molecule has 0 amide bonds. The first-order chi connectivity index (χ1) is 10.3. The van der Waals surface area contributed by atoms with Gasteiger partial charge in [-0.05, 0) is 39.0 Å². The number of ketones is 1. The Balaban J connectivity index is 2.03. The van der Waals surface area contributed by atoms with Crippen LogP contribution < -0.4 is 15.4 Å². The number of ether oxygens (including phenoxy) is 1. The van der Waals surface area contributed by atoms with Gasteiger partial charge in [0.05, 0.1) is 24.7 Å². The van der Waals surface area contributed by atoms with Gasteiger partial charge >= 0.3 is 5.97 Å². The van der Waals surface area contributed by atoms with Crippen molar-refractivity contribution in [2.75, 3.05) is 18.4 Å². The van der Waals surface area contributed by atoms with E-state index in [9.17, 15) is 9.59 Å². The minimum atomic E-state index is -0.884. The zero-order chi connectivity index (χ0) is 16.3. The van der Waals surface area contributed by atoms with Gasteiger partial charge < -0.3 is 20.5 Å². The maximum absolute atomic E-state index is 12.4. The van der Waals surface area contributed by atoms with Crippen molar-refractivity contribution in [3.63, 3.8) is 0 Å². The number of carboxylic acids is 1. The second kappa shape index (κ2) is 6.36. The highest BCUT2D eigenvalue weighted by molar-refractivity contribution is 6.01. The summed E-state index contributed by atoms with van der Waals surface area (Å²) in [7, 11) is 0. The van der Waals surface area contributed by atoms with Crippen LogP contribution in [0.3, 0.4) is 0 Å². The van der Waals surface area contributed by atoms with Crippen molar-refractivity contribution in [1.82, 2.24) is 5.32 Å². The van der Waals surface area contributed by atoms with Crippen molar-refractivity contribution >= 4 is 17.4 Å². The van der Waals surface area contributed by atoms with Crippen molar-refractivity contribution in [2.45, 2.75) is 38.8 Å². The molecule has 22 heavy (non-hydrogen) atoms. The highest BCUT2D eigenvalue weighted by Crippen LogP contribution is 2.33. The molecule has 6 nitrogen and oxygen atoms in total. The monoisotopic (exact) mass is 306 g/mol. The first kappa shape index (κ1) is 16.3. The molecule has 120 valence electrons. The number of carboxylic acid groups (broad SMARTS) is 1. The van der Waals surface area contributed by atoms with Crippen LogP contribution in [0.4, 0.5) is 5.69 Å². The van der Waals surface area contributed by atoms with E-state index in [1.54, 1.807) is 25.1 Å². The van der Waals surface area contributed by atoms with Crippen LogP contribution in [0.1, 0.15) is 37.6 Å². The van der Waals surface area contributed by atoms with Gasteiger partial charge in [-0.1, -0.05) is 0 Å². The number of aliphatic carboxylic acids is 1. The van der Waals surface area contributed by atoms with Gasteiger partial charge in [0.25, 0.3) is 0 Å². The lowest BCUT2D eigenvalue weighted by atomic mass is 10.0. The minimum Gasteiger partial charge on any atom is -0.484 e. The smallest absolute Gasteiger partial charge is 0.304 e.